The van der Waals surface area contributed by atoms with Crippen LogP contribution in [0.15, 0.2) is 78.0 Å². The molecule has 3 aliphatic rings. The summed E-state index contributed by atoms with van der Waals surface area (Å²) in [5.74, 6) is -1.20. The molecule has 6 heteroatoms. The number of rotatable bonds is 8. The van der Waals surface area contributed by atoms with Gasteiger partial charge in [0.1, 0.15) is 22.8 Å². The van der Waals surface area contributed by atoms with E-state index < -0.39 is 11.7 Å². The van der Waals surface area contributed by atoms with Gasteiger partial charge in [-0.25, -0.2) is 8.78 Å². The van der Waals surface area contributed by atoms with Crippen molar-refractivity contribution in [1.29, 1.82) is 0 Å². The van der Waals surface area contributed by atoms with Crippen molar-refractivity contribution >= 4 is 11.6 Å². The Morgan fingerprint density at radius 3 is 2.71 bits per heavy atom. The largest absolute Gasteiger partial charge is 0.369 e. The molecule has 176 valence electrons. The lowest BCUT2D eigenvalue weighted by molar-refractivity contribution is -0.117. The Balaban J connectivity index is 1.37. The van der Waals surface area contributed by atoms with E-state index >= 15 is 0 Å². The third-order valence-corrected chi connectivity index (χ3v) is 7.65. The number of anilines is 1. The van der Waals surface area contributed by atoms with Gasteiger partial charge in [-0.15, -0.1) is 0 Å². The number of nitrogens with two attached hydrogens (primary N) is 1. The lowest BCUT2D eigenvalue weighted by Crippen LogP contribution is -2.28. The molecule has 2 fully saturated rings. The van der Waals surface area contributed by atoms with Crippen LogP contribution in [-0.2, 0) is 22.4 Å². The Labute approximate surface area is 198 Å². The van der Waals surface area contributed by atoms with Crippen LogP contribution >= 0.6 is 0 Å². The standard InChI is InChI=1S/C28H28F2N2O2/c1-3-18-17-28-20(15-25(18)32(2)22-9-7-21(29)8-10-22)12-14-27(28,34-28)13-11-19-5-4-6-24(30)23(19)16-26(31)33/h3-10,15H,1,11-14,16-17H2,2H3,(H2,31,33). The molecule has 1 saturated carbocycles. The van der Waals surface area contributed by atoms with Crippen LogP contribution in [0.3, 0.4) is 0 Å². The average molecular weight is 463 g/mol. The zero-order chi connectivity index (χ0) is 24.1. The van der Waals surface area contributed by atoms with Gasteiger partial charge in [0.05, 0.1) is 6.42 Å². The Bertz CT molecular complexity index is 1230. The van der Waals surface area contributed by atoms with Crippen molar-refractivity contribution in [2.75, 3.05) is 11.9 Å². The van der Waals surface area contributed by atoms with Crippen LogP contribution in [0.5, 0.6) is 0 Å². The summed E-state index contributed by atoms with van der Waals surface area (Å²) in [6.07, 6.45) is 7.88. The number of hydrogen-bond donors (Lipinski definition) is 1. The van der Waals surface area contributed by atoms with E-state index in [-0.39, 0.29) is 23.4 Å². The number of hydrogen-bond acceptors (Lipinski definition) is 3. The number of benzene rings is 2. The van der Waals surface area contributed by atoms with Crippen molar-refractivity contribution in [3.05, 3.63) is 101 Å². The third kappa shape index (κ3) is 3.57. The second-order valence-electron chi connectivity index (χ2n) is 9.44. The monoisotopic (exact) mass is 462 g/mol. The van der Waals surface area contributed by atoms with Gasteiger partial charge in [0.25, 0.3) is 0 Å². The summed E-state index contributed by atoms with van der Waals surface area (Å²) in [6, 6.07) is 11.4. The van der Waals surface area contributed by atoms with E-state index in [1.165, 1.54) is 23.8 Å². The van der Waals surface area contributed by atoms with E-state index in [2.05, 4.69) is 17.6 Å². The fraction of sp³-hybridized carbons (Fsp3) is 0.321. The molecule has 5 rings (SSSR count). The van der Waals surface area contributed by atoms with Crippen molar-refractivity contribution in [2.24, 2.45) is 5.73 Å². The second-order valence-corrected chi connectivity index (χ2v) is 9.44. The summed E-state index contributed by atoms with van der Waals surface area (Å²) in [4.78, 5) is 13.5. The zero-order valence-corrected chi connectivity index (χ0v) is 19.2. The smallest absolute Gasteiger partial charge is 0.221 e. The molecule has 2 unspecified atom stereocenters. The molecule has 2 aromatic carbocycles. The molecule has 0 radical (unpaired) electrons. The highest BCUT2D eigenvalue weighted by atomic mass is 19.1. The summed E-state index contributed by atoms with van der Waals surface area (Å²) in [7, 11) is 1.97. The van der Waals surface area contributed by atoms with E-state index in [1.54, 1.807) is 18.2 Å². The molecule has 0 bridgehead atoms. The van der Waals surface area contributed by atoms with E-state index in [1.807, 2.05) is 19.2 Å². The summed E-state index contributed by atoms with van der Waals surface area (Å²) in [6.45, 7) is 4.04. The van der Waals surface area contributed by atoms with E-state index in [9.17, 15) is 13.6 Å². The van der Waals surface area contributed by atoms with Crippen LogP contribution in [0, 0.1) is 11.6 Å². The minimum atomic E-state index is -0.541. The lowest BCUT2D eigenvalue weighted by Gasteiger charge is -2.29. The van der Waals surface area contributed by atoms with E-state index in [0.29, 0.717) is 12.0 Å². The Morgan fingerprint density at radius 2 is 2.00 bits per heavy atom. The molecule has 2 aromatic rings. The van der Waals surface area contributed by atoms with Gasteiger partial charge in [-0.1, -0.05) is 24.8 Å². The number of amides is 1. The number of primary amides is 1. The van der Waals surface area contributed by atoms with Crippen LogP contribution in [0.2, 0.25) is 0 Å². The van der Waals surface area contributed by atoms with Gasteiger partial charge >= 0.3 is 0 Å². The Morgan fingerprint density at radius 1 is 1.24 bits per heavy atom. The zero-order valence-electron chi connectivity index (χ0n) is 19.2. The molecule has 1 amide bonds. The number of ether oxygens (including phenoxy) is 1. The predicted octanol–water partition coefficient (Wildman–Crippen LogP) is 5.13. The number of allylic oxidation sites excluding steroid dienone is 2. The quantitative estimate of drug-likeness (QED) is 0.553. The summed E-state index contributed by atoms with van der Waals surface area (Å²) >= 11 is 0. The summed E-state index contributed by atoms with van der Waals surface area (Å²) in [5.41, 5.74) is 10.2. The highest BCUT2D eigenvalue weighted by molar-refractivity contribution is 5.77. The van der Waals surface area contributed by atoms with Gasteiger partial charge in [0.15, 0.2) is 0 Å². The second kappa shape index (κ2) is 8.20. The molecular weight excluding hydrogens is 434 g/mol. The fourth-order valence-electron chi connectivity index (χ4n) is 5.79. The number of nitrogens with zero attached hydrogens (tertiary/aromatic N) is 1. The van der Waals surface area contributed by atoms with Crippen LogP contribution in [0.25, 0.3) is 0 Å². The van der Waals surface area contributed by atoms with Gasteiger partial charge in [-0.3, -0.25) is 4.79 Å². The summed E-state index contributed by atoms with van der Waals surface area (Å²) < 4.78 is 34.2. The van der Waals surface area contributed by atoms with Crippen molar-refractivity contribution in [3.63, 3.8) is 0 Å². The summed E-state index contributed by atoms with van der Waals surface area (Å²) in [5, 5.41) is 0. The topological polar surface area (TPSA) is 58.9 Å². The van der Waals surface area contributed by atoms with Crippen LogP contribution in [-0.4, -0.2) is 24.2 Å². The molecule has 4 nitrogen and oxygen atoms in total. The molecule has 34 heavy (non-hydrogen) atoms. The molecule has 1 aliphatic heterocycles. The Hall–Kier alpha value is -3.25. The van der Waals surface area contributed by atoms with E-state index in [4.69, 9.17) is 10.5 Å². The molecule has 1 spiro atoms. The molecule has 2 aliphatic carbocycles. The first-order chi connectivity index (χ1) is 16.3. The number of likely N-dealkylation sites (N-methyl/N-ethyl adjacent to an activating group) is 1. The predicted molar refractivity (Wildman–Crippen MR) is 128 cm³/mol. The van der Waals surface area contributed by atoms with Crippen molar-refractivity contribution in [1.82, 2.24) is 0 Å². The number of aryl methyl sites for hydroxylation is 1. The molecule has 0 aromatic heterocycles. The molecule has 1 heterocycles. The molecule has 2 atom stereocenters. The number of carbonyl (C=O) groups excluding carboxylic acids is 1. The maximum atomic E-state index is 14.4. The fourth-order valence-corrected chi connectivity index (χ4v) is 5.79. The van der Waals surface area contributed by atoms with E-state index in [0.717, 1.165) is 48.2 Å². The maximum Gasteiger partial charge on any atom is 0.221 e. The minimum absolute atomic E-state index is 0.103. The van der Waals surface area contributed by atoms with Gasteiger partial charge in [-0.05, 0) is 78.8 Å². The van der Waals surface area contributed by atoms with Gasteiger partial charge in [-0.2, -0.15) is 0 Å². The third-order valence-electron chi connectivity index (χ3n) is 7.65. The van der Waals surface area contributed by atoms with Gasteiger partial charge < -0.3 is 15.4 Å². The number of carbonyl (C=O) groups is 1. The Kier molecular flexibility index (Phi) is 5.44. The highest BCUT2D eigenvalue weighted by Gasteiger charge is 2.74. The molecular formula is C28H28F2N2O2. The highest BCUT2D eigenvalue weighted by Crippen LogP contribution is 2.68. The van der Waals surface area contributed by atoms with Crippen molar-refractivity contribution < 1.29 is 18.3 Å². The SMILES string of the molecule is C=CC1=C(N(C)c2ccc(F)cc2)C=C2CCC3(CCc4cccc(F)c4CC(N)=O)OC23C1. The normalized spacial score (nSPS) is 24.9. The van der Waals surface area contributed by atoms with Crippen LogP contribution in [0.1, 0.15) is 36.8 Å². The van der Waals surface area contributed by atoms with Gasteiger partial charge in [0.2, 0.25) is 5.91 Å². The maximum absolute atomic E-state index is 14.4. The first-order valence-electron chi connectivity index (χ1n) is 11.6. The lowest BCUT2D eigenvalue weighted by atomic mass is 9.80. The van der Waals surface area contributed by atoms with Gasteiger partial charge in [0, 0.05) is 30.4 Å². The average Bonchev–Trinajstić information content (AvgIpc) is 3.34. The first kappa shape index (κ1) is 22.5. The van der Waals surface area contributed by atoms with Crippen molar-refractivity contribution in [3.8, 4) is 0 Å². The molecule has 2 N–H and O–H groups in total. The number of epoxide rings is 1. The minimum Gasteiger partial charge on any atom is -0.369 e. The number of halogens is 2. The van der Waals surface area contributed by atoms with Crippen LogP contribution < -0.4 is 10.6 Å². The first-order valence-corrected chi connectivity index (χ1v) is 11.6. The van der Waals surface area contributed by atoms with Crippen LogP contribution in [0.4, 0.5) is 14.5 Å². The van der Waals surface area contributed by atoms with Crippen molar-refractivity contribution in [2.45, 2.75) is 49.7 Å². The molecule has 1 saturated heterocycles.